The van der Waals surface area contributed by atoms with Crippen LogP contribution in [0.3, 0.4) is 0 Å². The molecule has 1 saturated carbocycles. The largest absolute Gasteiger partial charge is 0.469 e. The molecule has 0 aromatic carbocycles. The first-order valence-electron chi connectivity index (χ1n) is 9.88. The minimum Gasteiger partial charge on any atom is -0.469 e. The van der Waals surface area contributed by atoms with Crippen molar-refractivity contribution in [3.05, 3.63) is 0 Å². The molecule has 3 rings (SSSR count). The van der Waals surface area contributed by atoms with Crippen LogP contribution in [-0.4, -0.2) is 74.2 Å². The second kappa shape index (κ2) is 8.99. The van der Waals surface area contributed by atoms with E-state index in [-0.39, 0.29) is 23.8 Å². The smallest absolute Gasteiger partial charge is 0.310 e. The molecule has 6 heteroatoms. The van der Waals surface area contributed by atoms with Crippen LogP contribution in [0, 0.1) is 11.8 Å². The van der Waals surface area contributed by atoms with Gasteiger partial charge in [-0.2, -0.15) is 0 Å². The quantitative estimate of drug-likeness (QED) is 0.678. The van der Waals surface area contributed by atoms with E-state index in [0.29, 0.717) is 25.7 Å². The molecular weight excluding hydrogens is 320 g/mol. The number of likely N-dealkylation sites (tertiary alicyclic amines) is 2. The van der Waals surface area contributed by atoms with Crippen LogP contribution in [0.2, 0.25) is 0 Å². The second-order valence-electron chi connectivity index (χ2n) is 7.75. The standard InChI is InChI=1S/C19H32N2O4/c1-24-18(22)15-7-9-20(13-15)11-12-25-19(23)16-8-10-21(14-16)17-5-3-2-4-6-17/h15-17H,2-14H2,1H3. The molecule has 2 heterocycles. The Hall–Kier alpha value is -1.14. The van der Waals surface area contributed by atoms with E-state index in [1.54, 1.807) is 0 Å². The summed E-state index contributed by atoms with van der Waals surface area (Å²) in [5.74, 6) is -0.154. The number of esters is 2. The summed E-state index contributed by atoms with van der Waals surface area (Å²) in [6, 6.07) is 0.686. The molecule has 25 heavy (non-hydrogen) atoms. The summed E-state index contributed by atoms with van der Waals surface area (Å²) in [5.41, 5.74) is 0. The summed E-state index contributed by atoms with van der Waals surface area (Å²) in [4.78, 5) is 28.5. The van der Waals surface area contributed by atoms with Gasteiger partial charge in [-0.05, 0) is 38.8 Å². The number of nitrogens with zero attached hydrogens (tertiary/aromatic N) is 2. The summed E-state index contributed by atoms with van der Waals surface area (Å²) in [6.07, 6.45) is 8.37. The average Bonchev–Trinajstić information content (AvgIpc) is 3.31. The van der Waals surface area contributed by atoms with E-state index in [1.165, 1.54) is 39.2 Å². The predicted molar refractivity (Wildman–Crippen MR) is 94.1 cm³/mol. The van der Waals surface area contributed by atoms with Crippen LogP contribution in [0.25, 0.3) is 0 Å². The number of hydrogen-bond acceptors (Lipinski definition) is 6. The lowest BCUT2D eigenvalue weighted by Crippen LogP contribution is -2.36. The number of hydrogen-bond donors (Lipinski definition) is 0. The SMILES string of the molecule is COC(=O)C1CCN(CCOC(=O)C2CCN(C3CCCCC3)C2)C1. The predicted octanol–water partition coefficient (Wildman–Crippen LogP) is 1.68. The zero-order valence-corrected chi connectivity index (χ0v) is 15.5. The molecule has 0 bridgehead atoms. The summed E-state index contributed by atoms with van der Waals surface area (Å²) < 4.78 is 10.3. The fourth-order valence-corrected chi connectivity index (χ4v) is 4.55. The molecule has 0 aromatic heterocycles. The van der Waals surface area contributed by atoms with Crippen molar-refractivity contribution in [3.8, 4) is 0 Å². The fourth-order valence-electron chi connectivity index (χ4n) is 4.55. The highest BCUT2D eigenvalue weighted by Crippen LogP contribution is 2.28. The molecule has 3 aliphatic rings. The molecule has 2 saturated heterocycles. The second-order valence-corrected chi connectivity index (χ2v) is 7.75. The fraction of sp³-hybridized carbons (Fsp3) is 0.895. The normalized spacial score (nSPS) is 29.0. The Bertz CT molecular complexity index is 464. The van der Waals surface area contributed by atoms with Gasteiger partial charge in [0.15, 0.2) is 0 Å². The Morgan fingerprint density at radius 1 is 0.920 bits per heavy atom. The van der Waals surface area contributed by atoms with E-state index in [4.69, 9.17) is 9.47 Å². The van der Waals surface area contributed by atoms with Crippen LogP contribution in [0.1, 0.15) is 44.9 Å². The van der Waals surface area contributed by atoms with Gasteiger partial charge >= 0.3 is 11.9 Å². The van der Waals surface area contributed by atoms with Crippen molar-refractivity contribution < 1.29 is 19.1 Å². The van der Waals surface area contributed by atoms with E-state index < -0.39 is 0 Å². The molecule has 3 fully saturated rings. The molecular formula is C19H32N2O4. The summed E-state index contributed by atoms with van der Waals surface area (Å²) in [6.45, 7) is 4.62. The molecule has 0 aromatic rings. The van der Waals surface area contributed by atoms with Crippen molar-refractivity contribution in [2.75, 3.05) is 46.4 Å². The average molecular weight is 352 g/mol. The zero-order valence-electron chi connectivity index (χ0n) is 15.5. The zero-order chi connectivity index (χ0) is 17.6. The maximum atomic E-state index is 12.3. The van der Waals surface area contributed by atoms with Crippen LogP contribution >= 0.6 is 0 Å². The van der Waals surface area contributed by atoms with Crippen molar-refractivity contribution in [3.63, 3.8) is 0 Å². The first-order valence-corrected chi connectivity index (χ1v) is 9.88. The molecule has 0 amide bonds. The van der Waals surface area contributed by atoms with Crippen molar-refractivity contribution in [1.82, 2.24) is 9.80 Å². The van der Waals surface area contributed by atoms with Gasteiger partial charge in [0.25, 0.3) is 0 Å². The third-order valence-corrected chi connectivity index (χ3v) is 6.10. The Morgan fingerprint density at radius 2 is 1.64 bits per heavy atom. The molecule has 2 unspecified atom stereocenters. The van der Waals surface area contributed by atoms with Crippen molar-refractivity contribution >= 4 is 11.9 Å². The van der Waals surface area contributed by atoms with E-state index in [9.17, 15) is 9.59 Å². The van der Waals surface area contributed by atoms with Crippen LogP contribution in [0.4, 0.5) is 0 Å². The van der Waals surface area contributed by atoms with Crippen LogP contribution in [-0.2, 0) is 19.1 Å². The first kappa shape index (κ1) is 18.6. The molecule has 6 nitrogen and oxygen atoms in total. The van der Waals surface area contributed by atoms with Crippen LogP contribution in [0.5, 0.6) is 0 Å². The third-order valence-electron chi connectivity index (χ3n) is 6.10. The summed E-state index contributed by atoms with van der Waals surface area (Å²) in [5, 5.41) is 0. The Kier molecular flexibility index (Phi) is 6.70. The van der Waals surface area contributed by atoms with Gasteiger partial charge in [0.2, 0.25) is 0 Å². The molecule has 1 aliphatic carbocycles. The summed E-state index contributed by atoms with van der Waals surface area (Å²) in [7, 11) is 1.44. The molecule has 2 atom stereocenters. The Labute approximate surface area is 150 Å². The van der Waals surface area contributed by atoms with Gasteiger partial charge in [0.1, 0.15) is 6.61 Å². The molecule has 0 radical (unpaired) electrons. The number of carbonyl (C=O) groups is 2. The van der Waals surface area contributed by atoms with Crippen LogP contribution in [0.15, 0.2) is 0 Å². The van der Waals surface area contributed by atoms with Crippen molar-refractivity contribution in [2.45, 2.75) is 51.0 Å². The van der Waals surface area contributed by atoms with Gasteiger partial charge in [-0.25, -0.2) is 0 Å². The Balaban J connectivity index is 1.33. The van der Waals surface area contributed by atoms with E-state index in [2.05, 4.69) is 9.80 Å². The molecule has 0 N–H and O–H groups in total. The maximum absolute atomic E-state index is 12.3. The van der Waals surface area contributed by atoms with Gasteiger partial charge in [-0.15, -0.1) is 0 Å². The third kappa shape index (κ3) is 4.94. The highest BCUT2D eigenvalue weighted by atomic mass is 16.5. The monoisotopic (exact) mass is 352 g/mol. The van der Waals surface area contributed by atoms with E-state index in [1.807, 2.05) is 0 Å². The lowest BCUT2D eigenvalue weighted by molar-refractivity contribution is -0.149. The maximum Gasteiger partial charge on any atom is 0.310 e. The minimum atomic E-state index is -0.131. The molecule has 0 spiro atoms. The van der Waals surface area contributed by atoms with Gasteiger partial charge in [-0.1, -0.05) is 19.3 Å². The number of carbonyl (C=O) groups excluding carboxylic acids is 2. The number of rotatable bonds is 6. The van der Waals surface area contributed by atoms with Gasteiger partial charge in [-0.3, -0.25) is 19.4 Å². The lowest BCUT2D eigenvalue weighted by atomic mass is 9.94. The van der Waals surface area contributed by atoms with Crippen LogP contribution < -0.4 is 0 Å². The number of ether oxygens (including phenoxy) is 2. The topological polar surface area (TPSA) is 59.1 Å². The first-order chi connectivity index (χ1) is 12.2. The van der Waals surface area contributed by atoms with Gasteiger partial charge in [0.05, 0.1) is 18.9 Å². The van der Waals surface area contributed by atoms with E-state index >= 15 is 0 Å². The van der Waals surface area contributed by atoms with Crippen molar-refractivity contribution in [2.24, 2.45) is 11.8 Å². The lowest BCUT2D eigenvalue weighted by Gasteiger charge is -2.30. The van der Waals surface area contributed by atoms with Gasteiger partial charge in [0, 0.05) is 25.7 Å². The van der Waals surface area contributed by atoms with Crippen molar-refractivity contribution in [1.29, 1.82) is 0 Å². The molecule has 2 aliphatic heterocycles. The number of methoxy groups -OCH3 is 1. The van der Waals surface area contributed by atoms with Gasteiger partial charge < -0.3 is 9.47 Å². The molecule has 142 valence electrons. The highest BCUT2D eigenvalue weighted by molar-refractivity contribution is 5.73. The van der Waals surface area contributed by atoms with E-state index in [0.717, 1.165) is 32.5 Å². The summed E-state index contributed by atoms with van der Waals surface area (Å²) >= 11 is 0. The Morgan fingerprint density at radius 3 is 2.40 bits per heavy atom. The minimum absolute atomic E-state index is 0.0282. The highest BCUT2D eigenvalue weighted by Gasteiger charge is 2.34.